The van der Waals surface area contributed by atoms with E-state index in [0.29, 0.717) is 12.2 Å². The lowest BCUT2D eigenvalue weighted by Gasteiger charge is -2.32. The van der Waals surface area contributed by atoms with E-state index < -0.39 is 5.97 Å². The Morgan fingerprint density at radius 3 is 3.07 bits per heavy atom. The summed E-state index contributed by atoms with van der Waals surface area (Å²) < 4.78 is 0. The van der Waals surface area contributed by atoms with Crippen LogP contribution in [0, 0.1) is 11.3 Å². The Kier molecular flexibility index (Phi) is 5.51. The predicted octanol–water partition coefficient (Wildman–Crippen LogP) is 1.18. The van der Waals surface area contributed by atoms with Gasteiger partial charge >= 0.3 is 5.97 Å². The fourth-order valence-electron chi connectivity index (χ4n) is 1.65. The first-order valence-corrected chi connectivity index (χ1v) is 6.32. The summed E-state index contributed by atoms with van der Waals surface area (Å²) in [5.41, 5.74) is 0. The van der Waals surface area contributed by atoms with Crippen molar-refractivity contribution in [1.29, 1.82) is 5.26 Å². The smallest absolute Gasteiger partial charge is 0.321 e. The van der Waals surface area contributed by atoms with Crippen molar-refractivity contribution in [2.45, 2.75) is 25.3 Å². The van der Waals surface area contributed by atoms with Crippen molar-refractivity contribution in [3.05, 3.63) is 0 Å². The molecule has 1 fully saturated rings. The van der Waals surface area contributed by atoms with E-state index in [0.717, 1.165) is 31.7 Å². The second-order valence-electron chi connectivity index (χ2n) is 3.58. The molecule has 0 aliphatic carbocycles. The highest BCUT2D eigenvalue weighted by Crippen LogP contribution is 2.17. The zero-order valence-electron chi connectivity index (χ0n) is 8.69. The molecular formula is C10H16N2O2S. The molecule has 0 spiro atoms. The van der Waals surface area contributed by atoms with E-state index in [1.165, 1.54) is 0 Å². The van der Waals surface area contributed by atoms with Crippen LogP contribution in [-0.4, -0.2) is 46.6 Å². The second kappa shape index (κ2) is 6.70. The highest BCUT2D eigenvalue weighted by atomic mass is 32.2. The molecule has 0 amide bonds. The van der Waals surface area contributed by atoms with Gasteiger partial charge in [0.2, 0.25) is 0 Å². The Labute approximate surface area is 94.2 Å². The summed E-state index contributed by atoms with van der Waals surface area (Å²) in [6.07, 6.45) is 2.36. The van der Waals surface area contributed by atoms with E-state index in [-0.39, 0.29) is 6.04 Å². The van der Waals surface area contributed by atoms with E-state index in [1.54, 1.807) is 11.8 Å². The minimum absolute atomic E-state index is 0.328. The number of nitriles is 1. The summed E-state index contributed by atoms with van der Waals surface area (Å²) in [4.78, 5) is 13.0. The van der Waals surface area contributed by atoms with Crippen LogP contribution < -0.4 is 0 Å². The van der Waals surface area contributed by atoms with Gasteiger partial charge in [-0.05, 0) is 19.4 Å². The number of carboxylic acids is 1. The highest BCUT2D eigenvalue weighted by Gasteiger charge is 2.27. The molecule has 0 saturated carbocycles. The van der Waals surface area contributed by atoms with Crippen molar-refractivity contribution >= 4 is 17.7 Å². The quantitative estimate of drug-likeness (QED) is 0.716. The van der Waals surface area contributed by atoms with Gasteiger partial charge in [-0.25, -0.2) is 0 Å². The van der Waals surface area contributed by atoms with Crippen LogP contribution >= 0.6 is 11.8 Å². The molecule has 1 heterocycles. The maximum absolute atomic E-state index is 10.9. The summed E-state index contributed by atoms with van der Waals surface area (Å²) in [5.74, 6) is 0.984. The van der Waals surface area contributed by atoms with Gasteiger partial charge in [-0.1, -0.05) is 0 Å². The number of unbranched alkanes of at least 4 members (excludes halogenated alkanes) is 2. The van der Waals surface area contributed by atoms with Crippen LogP contribution in [0.25, 0.3) is 0 Å². The van der Waals surface area contributed by atoms with E-state index in [4.69, 9.17) is 10.4 Å². The molecule has 0 aromatic rings. The van der Waals surface area contributed by atoms with Crippen LogP contribution in [0.1, 0.15) is 19.3 Å². The minimum Gasteiger partial charge on any atom is -0.480 e. The number of aliphatic carboxylic acids is 1. The molecule has 15 heavy (non-hydrogen) atoms. The summed E-state index contributed by atoms with van der Waals surface area (Å²) in [6.45, 7) is 1.66. The topological polar surface area (TPSA) is 64.3 Å². The molecule has 0 bridgehead atoms. The first-order chi connectivity index (χ1) is 7.25. The van der Waals surface area contributed by atoms with E-state index in [2.05, 4.69) is 6.07 Å². The standard InChI is InChI=1S/C10H16N2O2S/c11-4-2-1-3-5-12-6-7-15-8-9(12)10(13)14/h9H,1-3,5-8H2,(H,13,14). The summed E-state index contributed by atoms with van der Waals surface area (Å²) in [5, 5.41) is 17.4. The highest BCUT2D eigenvalue weighted by molar-refractivity contribution is 7.99. The van der Waals surface area contributed by atoms with Crippen LogP contribution in [0.15, 0.2) is 0 Å². The normalized spacial score (nSPS) is 22.2. The molecule has 1 rings (SSSR count). The van der Waals surface area contributed by atoms with E-state index in [1.807, 2.05) is 4.90 Å². The molecular weight excluding hydrogens is 212 g/mol. The molecule has 1 saturated heterocycles. The van der Waals surface area contributed by atoms with Crippen LogP contribution in [0.2, 0.25) is 0 Å². The third-order valence-electron chi connectivity index (χ3n) is 2.51. The van der Waals surface area contributed by atoms with Crippen molar-refractivity contribution in [1.82, 2.24) is 4.90 Å². The van der Waals surface area contributed by atoms with Crippen LogP contribution in [0.3, 0.4) is 0 Å². The molecule has 4 nitrogen and oxygen atoms in total. The number of carboxylic acid groups (broad SMARTS) is 1. The van der Waals surface area contributed by atoms with Crippen molar-refractivity contribution < 1.29 is 9.90 Å². The lowest BCUT2D eigenvalue weighted by Crippen LogP contribution is -2.47. The molecule has 0 radical (unpaired) electrons. The maximum Gasteiger partial charge on any atom is 0.321 e. The third-order valence-corrected chi connectivity index (χ3v) is 3.53. The van der Waals surface area contributed by atoms with Gasteiger partial charge in [0.15, 0.2) is 0 Å². The summed E-state index contributed by atoms with van der Waals surface area (Å²) >= 11 is 1.70. The average molecular weight is 228 g/mol. The second-order valence-corrected chi connectivity index (χ2v) is 4.73. The first kappa shape index (κ1) is 12.3. The van der Waals surface area contributed by atoms with Gasteiger partial charge in [0.25, 0.3) is 0 Å². The molecule has 1 N–H and O–H groups in total. The molecule has 1 aliphatic heterocycles. The lowest BCUT2D eigenvalue weighted by molar-refractivity contribution is -0.142. The largest absolute Gasteiger partial charge is 0.480 e. The van der Waals surface area contributed by atoms with Crippen LogP contribution in [0.4, 0.5) is 0 Å². The number of hydrogen-bond acceptors (Lipinski definition) is 4. The summed E-state index contributed by atoms with van der Waals surface area (Å²) in [7, 11) is 0. The van der Waals surface area contributed by atoms with Gasteiger partial charge in [-0.15, -0.1) is 0 Å². The molecule has 1 atom stereocenters. The molecule has 84 valence electrons. The Morgan fingerprint density at radius 1 is 1.60 bits per heavy atom. The maximum atomic E-state index is 10.9. The van der Waals surface area contributed by atoms with Gasteiger partial charge < -0.3 is 5.11 Å². The number of carbonyl (C=O) groups is 1. The average Bonchev–Trinajstić information content (AvgIpc) is 2.25. The number of hydrogen-bond donors (Lipinski definition) is 1. The third kappa shape index (κ3) is 4.10. The fraction of sp³-hybridized carbons (Fsp3) is 0.800. The van der Waals surface area contributed by atoms with Gasteiger partial charge in [0, 0.05) is 24.5 Å². The number of rotatable bonds is 5. The lowest BCUT2D eigenvalue weighted by atomic mass is 10.2. The van der Waals surface area contributed by atoms with Crippen LogP contribution in [0.5, 0.6) is 0 Å². The molecule has 0 aromatic carbocycles. The zero-order chi connectivity index (χ0) is 11.1. The van der Waals surface area contributed by atoms with Gasteiger partial charge in [-0.2, -0.15) is 17.0 Å². The monoisotopic (exact) mass is 228 g/mol. The molecule has 1 aliphatic rings. The van der Waals surface area contributed by atoms with Crippen molar-refractivity contribution in [2.24, 2.45) is 0 Å². The fourth-order valence-corrected chi connectivity index (χ4v) is 2.76. The predicted molar refractivity (Wildman–Crippen MR) is 59.8 cm³/mol. The van der Waals surface area contributed by atoms with Gasteiger partial charge in [0.05, 0.1) is 6.07 Å². The van der Waals surface area contributed by atoms with Crippen molar-refractivity contribution in [3.8, 4) is 6.07 Å². The van der Waals surface area contributed by atoms with Gasteiger partial charge in [-0.3, -0.25) is 9.69 Å². The van der Waals surface area contributed by atoms with Crippen molar-refractivity contribution in [3.63, 3.8) is 0 Å². The number of nitrogens with zero attached hydrogens (tertiary/aromatic N) is 2. The van der Waals surface area contributed by atoms with Crippen molar-refractivity contribution in [2.75, 3.05) is 24.6 Å². The summed E-state index contributed by atoms with van der Waals surface area (Å²) in [6, 6.07) is 1.77. The first-order valence-electron chi connectivity index (χ1n) is 5.17. The number of thioether (sulfide) groups is 1. The SMILES string of the molecule is N#CCCCCN1CCSCC1C(=O)O. The Balaban J connectivity index is 2.30. The van der Waals surface area contributed by atoms with E-state index >= 15 is 0 Å². The Hall–Kier alpha value is -0.730. The molecule has 0 aromatic heterocycles. The molecule has 5 heteroatoms. The molecule has 1 unspecified atom stereocenters. The van der Waals surface area contributed by atoms with Crippen LogP contribution in [-0.2, 0) is 4.79 Å². The Morgan fingerprint density at radius 2 is 2.40 bits per heavy atom. The van der Waals surface area contributed by atoms with Gasteiger partial charge in [0.1, 0.15) is 6.04 Å². The van der Waals surface area contributed by atoms with E-state index in [9.17, 15) is 4.79 Å². The zero-order valence-corrected chi connectivity index (χ0v) is 9.50. The minimum atomic E-state index is -0.720. The Bertz CT molecular complexity index is 252.